The molecule has 1 aromatic heterocycles. The van der Waals surface area contributed by atoms with Gasteiger partial charge < -0.3 is 10.0 Å². The van der Waals surface area contributed by atoms with Gasteiger partial charge in [-0.1, -0.05) is 0 Å². The minimum absolute atomic E-state index is 0.617. The van der Waals surface area contributed by atoms with Gasteiger partial charge in [0.15, 0.2) is 0 Å². The number of carboxylic acid groups (broad SMARTS) is 1. The van der Waals surface area contributed by atoms with Gasteiger partial charge in [0.25, 0.3) is 0 Å². The molecule has 0 amide bonds. The summed E-state index contributed by atoms with van der Waals surface area (Å²) >= 11 is 1.73. The van der Waals surface area contributed by atoms with E-state index in [4.69, 9.17) is 0 Å². The molecule has 3 nitrogen and oxygen atoms in total. The summed E-state index contributed by atoms with van der Waals surface area (Å²) in [6.07, 6.45) is 6.79. The highest BCUT2D eigenvalue weighted by Gasteiger charge is 2.28. The fourth-order valence-corrected chi connectivity index (χ4v) is 4.35. The number of carbonyl (C=O) groups is 1. The van der Waals surface area contributed by atoms with Gasteiger partial charge in [0.05, 0.1) is 5.56 Å². The topological polar surface area (TPSA) is 40.5 Å². The SMILES string of the molecule is O=C(O)c1c(N2CCCC2)sc2c1CCCC2. The van der Waals surface area contributed by atoms with Gasteiger partial charge in [-0.2, -0.15) is 0 Å². The monoisotopic (exact) mass is 251 g/mol. The third-order valence-corrected chi connectivity index (χ3v) is 5.11. The first-order chi connectivity index (χ1) is 8.27. The molecule has 0 bridgehead atoms. The molecule has 0 atom stereocenters. The molecule has 1 aliphatic heterocycles. The van der Waals surface area contributed by atoms with E-state index >= 15 is 0 Å². The number of fused-ring (bicyclic) bond motifs is 1. The van der Waals surface area contributed by atoms with Crippen LogP contribution >= 0.6 is 11.3 Å². The van der Waals surface area contributed by atoms with Crippen molar-refractivity contribution in [2.24, 2.45) is 0 Å². The lowest BCUT2D eigenvalue weighted by atomic mass is 9.95. The van der Waals surface area contributed by atoms with Gasteiger partial charge in [-0.25, -0.2) is 4.79 Å². The number of aromatic carboxylic acids is 1. The fourth-order valence-electron chi connectivity index (χ4n) is 2.91. The number of anilines is 1. The number of carboxylic acids is 1. The van der Waals surface area contributed by atoms with E-state index in [-0.39, 0.29) is 0 Å². The Hall–Kier alpha value is -1.03. The average Bonchev–Trinajstić information content (AvgIpc) is 2.95. The van der Waals surface area contributed by atoms with Crippen molar-refractivity contribution in [3.8, 4) is 0 Å². The van der Waals surface area contributed by atoms with Gasteiger partial charge in [0.1, 0.15) is 5.00 Å². The molecule has 2 aliphatic rings. The summed E-state index contributed by atoms with van der Waals surface area (Å²) in [5.74, 6) is -0.730. The van der Waals surface area contributed by atoms with Crippen molar-refractivity contribution in [1.29, 1.82) is 0 Å². The summed E-state index contributed by atoms with van der Waals surface area (Å²) in [5.41, 5.74) is 1.75. The van der Waals surface area contributed by atoms with Crippen molar-refractivity contribution in [3.63, 3.8) is 0 Å². The second-order valence-corrected chi connectivity index (χ2v) is 5.97. The van der Waals surface area contributed by atoms with Crippen molar-refractivity contribution >= 4 is 22.3 Å². The molecule has 3 rings (SSSR count). The van der Waals surface area contributed by atoms with Crippen LogP contribution in [0.25, 0.3) is 0 Å². The largest absolute Gasteiger partial charge is 0.478 e. The molecule has 1 N–H and O–H groups in total. The maximum absolute atomic E-state index is 11.5. The molecule has 0 unspecified atom stereocenters. The Kier molecular flexibility index (Phi) is 2.82. The van der Waals surface area contributed by atoms with Crippen LogP contribution in [0.4, 0.5) is 5.00 Å². The highest BCUT2D eigenvalue weighted by molar-refractivity contribution is 7.16. The Labute approximate surface area is 105 Å². The second kappa shape index (κ2) is 4.33. The molecule has 17 heavy (non-hydrogen) atoms. The van der Waals surface area contributed by atoms with E-state index in [1.807, 2.05) is 0 Å². The number of hydrogen-bond acceptors (Lipinski definition) is 3. The Morgan fingerprint density at radius 1 is 1.12 bits per heavy atom. The molecule has 1 saturated heterocycles. The van der Waals surface area contributed by atoms with Crippen LogP contribution in [0.3, 0.4) is 0 Å². The van der Waals surface area contributed by atoms with Crippen LogP contribution in [-0.4, -0.2) is 24.2 Å². The molecule has 1 aliphatic carbocycles. The van der Waals surface area contributed by atoms with Gasteiger partial charge in [0.2, 0.25) is 0 Å². The van der Waals surface area contributed by atoms with Crippen LogP contribution in [0.5, 0.6) is 0 Å². The van der Waals surface area contributed by atoms with Crippen LogP contribution in [-0.2, 0) is 12.8 Å². The van der Waals surface area contributed by atoms with Crippen molar-refractivity contribution in [2.45, 2.75) is 38.5 Å². The molecular formula is C13H17NO2S. The quantitative estimate of drug-likeness (QED) is 0.878. The molecule has 1 aromatic rings. The molecule has 4 heteroatoms. The zero-order valence-electron chi connectivity index (χ0n) is 9.87. The van der Waals surface area contributed by atoms with E-state index in [0.29, 0.717) is 5.56 Å². The van der Waals surface area contributed by atoms with Crippen LogP contribution < -0.4 is 4.90 Å². The highest BCUT2D eigenvalue weighted by Crippen LogP contribution is 2.41. The summed E-state index contributed by atoms with van der Waals surface area (Å²) in [7, 11) is 0. The number of rotatable bonds is 2. The number of hydrogen-bond donors (Lipinski definition) is 1. The summed E-state index contributed by atoms with van der Waals surface area (Å²) < 4.78 is 0. The van der Waals surface area contributed by atoms with Gasteiger partial charge in [-0.15, -0.1) is 11.3 Å². The summed E-state index contributed by atoms with van der Waals surface area (Å²) in [5, 5.41) is 10.5. The molecule has 0 saturated carbocycles. The zero-order chi connectivity index (χ0) is 11.8. The van der Waals surface area contributed by atoms with Crippen molar-refractivity contribution in [1.82, 2.24) is 0 Å². The first-order valence-electron chi connectivity index (χ1n) is 6.40. The van der Waals surface area contributed by atoms with E-state index in [1.54, 1.807) is 11.3 Å². The van der Waals surface area contributed by atoms with E-state index in [2.05, 4.69) is 4.90 Å². The van der Waals surface area contributed by atoms with Gasteiger partial charge in [-0.05, 0) is 44.1 Å². The molecule has 0 aromatic carbocycles. The highest BCUT2D eigenvalue weighted by atomic mass is 32.1. The maximum Gasteiger partial charge on any atom is 0.338 e. The lowest BCUT2D eigenvalue weighted by Crippen LogP contribution is -2.19. The molecule has 2 heterocycles. The Bertz CT molecular complexity index is 447. The van der Waals surface area contributed by atoms with E-state index in [9.17, 15) is 9.90 Å². The van der Waals surface area contributed by atoms with Crippen LogP contribution in [0, 0.1) is 0 Å². The summed E-state index contributed by atoms with van der Waals surface area (Å²) in [4.78, 5) is 15.1. The second-order valence-electron chi connectivity index (χ2n) is 4.89. The first-order valence-corrected chi connectivity index (χ1v) is 7.22. The van der Waals surface area contributed by atoms with Crippen LogP contribution in [0.2, 0.25) is 0 Å². The molecular weight excluding hydrogens is 234 g/mol. The predicted octanol–water partition coefficient (Wildman–Crippen LogP) is 2.93. The maximum atomic E-state index is 11.5. The molecule has 0 radical (unpaired) electrons. The van der Waals surface area contributed by atoms with Crippen LogP contribution in [0.15, 0.2) is 0 Å². The van der Waals surface area contributed by atoms with Crippen LogP contribution in [0.1, 0.15) is 46.5 Å². The molecule has 0 spiro atoms. The van der Waals surface area contributed by atoms with Crippen molar-refractivity contribution in [2.75, 3.05) is 18.0 Å². The number of aryl methyl sites for hydroxylation is 1. The lowest BCUT2D eigenvalue weighted by Gasteiger charge is -2.16. The Morgan fingerprint density at radius 2 is 1.82 bits per heavy atom. The van der Waals surface area contributed by atoms with E-state index in [1.165, 1.54) is 24.1 Å². The smallest absolute Gasteiger partial charge is 0.338 e. The standard InChI is InChI=1S/C13H17NO2S/c15-13(16)11-9-5-1-2-6-10(9)17-12(11)14-7-3-4-8-14/h1-8H2,(H,15,16). The fraction of sp³-hybridized carbons (Fsp3) is 0.615. The molecule has 92 valence electrons. The zero-order valence-corrected chi connectivity index (χ0v) is 10.7. The van der Waals surface area contributed by atoms with Crippen molar-refractivity contribution in [3.05, 3.63) is 16.0 Å². The van der Waals surface area contributed by atoms with E-state index in [0.717, 1.165) is 42.9 Å². The van der Waals surface area contributed by atoms with Crippen molar-refractivity contribution < 1.29 is 9.90 Å². The third kappa shape index (κ3) is 1.84. The summed E-state index contributed by atoms with van der Waals surface area (Å²) in [6, 6.07) is 0. The van der Waals surface area contributed by atoms with Gasteiger partial charge in [0, 0.05) is 18.0 Å². The third-order valence-electron chi connectivity index (χ3n) is 3.76. The predicted molar refractivity (Wildman–Crippen MR) is 69.4 cm³/mol. The lowest BCUT2D eigenvalue weighted by molar-refractivity contribution is 0.0696. The minimum atomic E-state index is -0.730. The number of thiophene rings is 1. The Balaban J connectivity index is 2.06. The van der Waals surface area contributed by atoms with Gasteiger partial charge >= 0.3 is 5.97 Å². The van der Waals surface area contributed by atoms with Gasteiger partial charge in [-0.3, -0.25) is 0 Å². The normalized spacial score (nSPS) is 19.4. The number of nitrogens with zero attached hydrogens (tertiary/aromatic N) is 1. The average molecular weight is 251 g/mol. The van der Waals surface area contributed by atoms with E-state index < -0.39 is 5.97 Å². The first kappa shape index (κ1) is 11.1. The summed E-state index contributed by atoms with van der Waals surface area (Å²) in [6.45, 7) is 2.05. The minimum Gasteiger partial charge on any atom is -0.478 e. The Morgan fingerprint density at radius 3 is 2.53 bits per heavy atom. The molecule has 1 fully saturated rings.